The van der Waals surface area contributed by atoms with Crippen molar-refractivity contribution in [1.82, 2.24) is 10.2 Å². The summed E-state index contributed by atoms with van der Waals surface area (Å²) >= 11 is 6.30. The second-order valence-corrected chi connectivity index (χ2v) is 9.07. The van der Waals surface area contributed by atoms with Crippen LogP contribution in [-0.2, 0) is 13.0 Å². The minimum Gasteiger partial charge on any atom is -0.493 e. The summed E-state index contributed by atoms with van der Waals surface area (Å²) in [6.07, 6.45) is 1.52. The maximum atomic E-state index is 13.5. The first-order valence-electron chi connectivity index (χ1n) is 11.7. The van der Waals surface area contributed by atoms with Gasteiger partial charge in [0.25, 0.3) is 5.91 Å². The van der Waals surface area contributed by atoms with E-state index in [-0.39, 0.29) is 23.8 Å². The van der Waals surface area contributed by atoms with Crippen molar-refractivity contribution < 1.29 is 18.7 Å². The molecular weight excluding hydrogens is 467 g/mol. The first-order valence-corrected chi connectivity index (χ1v) is 12.1. The van der Waals surface area contributed by atoms with Gasteiger partial charge in [-0.25, -0.2) is 4.39 Å². The number of hydrogen-bond donors (Lipinski definition) is 1. The van der Waals surface area contributed by atoms with Gasteiger partial charge >= 0.3 is 0 Å². The van der Waals surface area contributed by atoms with Gasteiger partial charge in [-0.1, -0.05) is 42.8 Å². The number of rotatable bonds is 8. The largest absolute Gasteiger partial charge is 0.493 e. The smallest absolute Gasteiger partial charge is 0.253 e. The van der Waals surface area contributed by atoms with Gasteiger partial charge < -0.3 is 14.8 Å². The molecule has 0 spiro atoms. The second-order valence-electron chi connectivity index (χ2n) is 8.67. The summed E-state index contributed by atoms with van der Waals surface area (Å²) in [5.41, 5.74) is 3.70. The van der Waals surface area contributed by atoms with Gasteiger partial charge in [-0.2, -0.15) is 0 Å². The predicted octanol–water partition coefficient (Wildman–Crippen LogP) is 5.80. The monoisotopic (exact) mass is 496 g/mol. The van der Waals surface area contributed by atoms with Crippen LogP contribution < -0.4 is 14.8 Å². The number of halogens is 2. The van der Waals surface area contributed by atoms with Crippen molar-refractivity contribution >= 4 is 17.5 Å². The fraction of sp³-hybridized carbons (Fsp3) is 0.321. The lowest BCUT2D eigenvalue weighted by Crippen LogP contribution is -2.48. The van der Waals surface area contributed by atoms with Crippen LogP contribution in [0.1, 0.15) is 46.4 Å². The molecule has 0 aromatic heterocycles. The van der Waals surface area contributed by atoms with Gasteiger partial charge in [-0.3, -0.25) is 9.69 Å². The molecule has 184 valence electrons. The van der Waals surface area contributed by atoms with E-state index in [1.165, 1.54) is 12.1 Å². The van der Waals surface area contributed by atoms with Crippen molar-refractivity contribution in [3.63, 3.8) is 0 Å². The molecule has 0 fully saturated rings. The van der Waals surface area contributed by atoms with Gasteiger partial charge in [0.2, 0.25) is 0 Å². The zero-order valence-electron chi connectivity index (χ0n) is 20.2. The first-order chi connectivity index (χ1) is 16.9. The molecule has 0 unspecified atom stereocenters. The molecule has 2 atom stereocenters. The number of methoxy groups -OCH3 is 2. The van der Waals surface area contributed by atoms with Crippen molar-refractivity contribution in [3.8, 4) is 11.5 Å². The molecule has 0 bridgehead atoms. The van der Waals surface area contributed by atoms with E-state index in [1.807, 2.05) is 12.1 Å². The quantitative estimate of drug-likeness (QED) is 0.428. The lowest BCUT2D eigenvalue weighted by molar-refractivity contribution is 0.0859. The normalized spacial score (nSPS) is 16.3. The fourth-order valence-corrected chi connectivity index (χ4v) is 5.02. The van der Waals surface area contributed by atoms with E-state index >= 15 is 0 Å². The summed E-state index contributed by atoms with van der Waals surface area (Å²) in [7, 11) is 3.25. The Balaban J connectivity index is 1.73. The number of nitrogens with one attached hydrogen (secondary N) is 1. The van der Waals surface area contributed by atoms with Crippen LogP contribution in [0.2, 0.25) is 5.02 Å². The van der Waals surface area contributed by atoms with Crippen LogP contribution >= 0.6 is 11.6 Å². The zero-order chi connectivity index (χ0) is 24.9. The second kappa shape index (κ2) is 11.1. The molecule has 4 rings (SSSR count). The Labute approximate surface area is 210 Å². The zero-order valence-corrected chi connectivity index (χ0v) is 20.9. The number of hydrogen-bond acceptors (Lipinski definition) is 4. The number of carbonyl (C=O) groups excluding carboxylic acids is 1. The van der Waals surface area contributed by atoms with Crippen LogP contribution in [0.3, 0.4) is 0 Å². The molecule has 3 aromatic rings. The van der Waals surface area contributed by atoms with Crippen LogP contribution in [0.25, 0.3) is 0 Å². The SMILES string of the molecule is CC[C@H](NC(=O)c1ccccc1Cl)[C@H]1c2cc(OC)c(OC)cc2CCN1Cc1ccc(F)cc1. The third kappa shape index (κ3) is 5.44. The van der Waals surface area contributed by atoms with Crippen LogP contribution in [0.5, 0.6) is 11.5 Å². The summed E-state index contributed by atoms with van der Waals surface area (Å²) < 4.78 is 24.7. The minimum absolute atomic E-state index is 0.125. The Morgan fingerprint density at radius 2 is 1.80 bits per heavy atom. The topological polar surface area (TPSA) is 50.8 Å². The van der Waals surface area contributed by atoms with Gasteiger partial charge in [-0.15, -0.1) is 0 Å². The maximum Gasteiger partial charge on any atom is 0.253 e. The molecule has 7 heteroatoms. The Bertz CT molecular complexity index is 1190. The van der Waals surface area contributed by atoms with Gasteiger partial charge in [0.15, 0.2) is 11.5 Å². The molecule has 5 nitrogen and oxygen atoms in total. The minimum atomic E-state index is -0.260. The van der Waals surface area contributed by atoms with Crippen molar-refractivity contribution in [1.29, 1.82) is 0 Å². The van der Waals surface area contributed by atoms with Gasteiger partial charge in [0.05, 0.1) is 30.8 Å². The van der Waals surface area contributed by atoms with E-state index in [2.05, 4.69) is 17.1 Å². The number of carbonyl (C=O) groups is 1. The van der Waals surface area contributed by atoms with E-state index in [1.54, 1.807) is 50.6 Å². The van der Waals surface area contributed by atoms with Gasteiger partial charge in [0, 0.05) is 19.1 Å². The summed E-state index contributed by atoms with van der Waals surface area (Å²) in [5.74, 6) is 0.860. The average molecular weight is 497 g/mol. The first kappa shape index (κ1) is 25.0. The van der Waals surface area contributed by atoms with E-state index in [0.29, 0.717) is 35.1 Å². The van der Waals surface area contributed by atoms with Crippen LogP contribution in [0.4, 0.5) is 4.39 Å². The van der Waals surface area contributed by atoms with E-state index < -0.39 is 0 Å². The molecule has 1 heterocycles. The van der Waals surface area contributed by atoms with Gasteiger partial charge in [0.1, 0.15) is 5.82 Å². The molecule has 0 radical (unpaired) electrons. The number of amides is 1. The molecule has 1 aliphatic rings. The Morgan fingerprint density at radius 3 is 2.46 bits per heavy atom. The molecule has 1 aliphatic heterocycles. The highest BCUT2D eigenvalue weighted by Crippen LogP contribution is 2.40. The summed E-state index contributed by atoms with van der Waals surface area (Å²) in [5, 5.41) is 3.64. The molecule has 35 heavy (non-hydrogen) atoms. The summed E-state index contributed by atoms with van der Waals surface area (Å²) in [6, 6.07) is 17.3. The number of benzene rings is 3. The van der Waals surface area contributed by atoms with Crippen molar-refractivity contribution in [2.75, 3.05) is 20.8 Å². The summed E-state index contributed by atoms with van der Waals surface area (Å²) in [4.78, 5) is 15.6. The molecule has 1 amide bonds. The average Bonchev–Trinajstić information content (AvgIpc) is 2.88. The van der Waals surface area contributed by atoms with Crippen LogP contribution in [0.15, 0.2) is 60.7 Å². The Hall–Kier alpha value is -3.09. The molecule has 0 saturated carbocycles. The van der Waals surface area contributed by atoms with Crippen LogP contribution in [0, 0.1) is 5.82 Å². The highest BCUT2D eigenvalue weighted by Gasteiger charge is 2.35. The molecule has 1 N–H and O–H groups in total. The number of fused-ring (bicyclic) bond motifs is 1. The van der Waals surface area contributed by atoms with Crippen molar-refractivity contribution in [2.24, 2.45) is 0 Å². The highest BCUT2D eigenvalue weighted by atomic mass is 35.5. The molecule has 0 saturated heterocycles. The lowest BCUT2D eigenvalue weighted by Gasteiger charge is -2.42. The van der Waals surface area contributed by atoms with Gasteiger partial charge in [-0.05, 0) is 65.9 Å². The van der Waals surface area contributed by atoms with Crippen molar-refractivity contribution in [3.05, 3.63) is 93.8 Å². The lowest BCUT2D eigenvalue weighted by atomic mass is 9.86. The summed E-state index contributed by atoms with van der Waals surface area (Å²) in [6.45, 7) is 3.46. The number of nitrogens with zero attached hydrogens (tertiary/aromatic N) is 1. The Morgan fingerprint density at radius 1 is 1.11 bits per heavy atom. The predicted molar refractivity (Wildman–Crippen MR) is 136 cm³/mol. The molecule has 0 aliphatic carbocycles. The van der Waals surface area contributed by atoms with E-state index in [0.717, 1.165) is 29.7 Å². The highest BCUT2D eigenvalue weighted by molar-refractivity contribution is 6.33. The van der Waals surface area contributed by atoms with Crippen molar-refractivity contribution in [2.45, 2.75) is 38.4 Å². The van der Waals surface area contributed by atoms with E-state index in [9.17, 15) is 9.18 Å². The standard InChI is InChI=1S/C28H30ClFN2O3/c1-4-24(31-28(33)21-7-5-6-8-23(21)29)27-22-16-26(35-3)25(34-2)15-19(22)13-14-32(27)17-18-9-11-20(30)12-10-18/h5-12,15-16,24,27H,4,13-14,17H2,1-3H3,(H,31,33)/t24-,27+/m0/s1. The molecule has 3 aromatic carbocycles. The maximum absolute atomic E-state index is 13.5. The van der Waals surface area contributed by atoms with E-state index in [4.69, 9.17) is 21.1 Å². The Kier molecular flexibility index (Phi) is 7.93. The fourth-order valence-electron chi connectivity index (χ4n) is 4.80. The molecular formula is C28H30ClFN2O3. The third-order valence-electron chi connectivity index (χ3n) is 6.58. The van der Waals surface area contributed by atoms with Crippen LogP contribution in [-0.4, -0.2) is 37.6 Å². The number of ether oxygens (including phenoxy) is 2. The third-order valence-corrected chi connectivity index (χ3v) is 6.91.